The minimum absolute atomic E-state index is 0.571. The van der Waals surface area contributed by atoms with Gasteiger partial charge >= 0.3 is 0 Å². The smallest absolute Gasteiger partial charge is 0.00851 e. The lowest BCUT2D eigenvalue weighted by Crippen LogP contribution is -2.48. The van der Waals surface area contributed by atoms with Gasteiger partial charge in [-0.15, -0.1) is 0 Å². The molecule has 0 N–H and O–H groups in total. The van der Waals surface area contributed by atoms with E-state index in [-0.39, 0.29) is 0 Å². The van der Waals surface area contributed by atoms with Crippen LogP contribution in [0.5, 0.6) is 0 Å². The van der Waals surface area contributed by atoms with E-state index < -0.39 is 0 Å². The molecule has 0 bridgehead atoms. The second kappa shape index (κ2) is 4.12. The molecule has 4 rings (SSSR count). The van der Waals surface area contributed by atoms with Gasteiger partial charge in [0.2, 0.25) is 0 Å². The number of hydrogen-bond acceptors (Lipinski definition) is 0. The molecule has 0 saturated heterocycles. The zero-order valence-corrected chi connectivity index (χ0v) is 12.8. The van der Waals surface area contributed by atoms with Crippen molar-refractivity contribution in [3.05, 3.63) is 18.1 Å². The van der Waals surface area contributed by atoms with Crippen molar-refractivity contribution in [2.24, 2.45) is 28.6 Å². The van der Waals surface area contributed by atoms with E-state index in [1.54, 1.807) is 0 Å². The zero-order chi connectivity index (χ0) is 13.1. The first-order valence-electron chi connectivity index (χ1n) is 8.65. The van der Waals surface area contributed by atoms with Gasteiger partial charge in [0.1, 0.15) is 0 Å². The van der Waals surface area contributed by atoms with Gasteiger partial charge in [-0.25, -0.2) is 0 Å². The van der Waals surface area contributed by atoms with Crippen LogP contribution in [0.15, 0.2) is 11.6 Å². The van der Waals surface area contributed by atoms with E-state index in [0.29, 0.717) is 10.8 Å². The van der Waals surface area contributed by atoms with E-state index >= 15 is 0 Å². The fourth-order valence-electron chi connectivity index (χ4n) is 6.47. The van der Waals surface area contributed by atoms with E-state index in [4.69, 9.17) is 0 Å². The third-order valence-electron chi connectivity index (χ3n) is 7.64. The normalized spacial score (nSPS) is 52.9. The van der Waals surface area contributed by atoms with Gasteiger partial charge in [0, 0.05) is 0 Å². The summed E-state index contributed by atoms with van der Waals surface area (Å²) in [4.78, 5) is 0. The first-order valence-corrected chi connectivity index (χ1v) is 8.65. The summed E-state index contributed by atoms with van der Waals surface area (Å²) in [6, 6.07) is 0. The summed E-state index contributed by atoms with van der Waals surface area (Å²) < 4.78 is 0. The molecule has 0 heteroatoms. The molecule has 0 aromatic carbocycles. The van der Waals surface area contributed by atoms with Crippen molar-refractivity contribution in [1.29, 1.82) is 0 Å². The molecule has 1 radical (unpaired) electrons. The summed E-state index contributed by atoms with van der Waals surface area (Å²) >= 11 is 0. The molecule has 3 saturated carbocycles. The Morgan fingerprint density at radius 2 is 1.95 bits per heavy atom. The molecule has 0 spiro atoms. The van der Waals surface area contributed by atoms with Crippen LogP contribution in [0.1, 0.15) is 71.6 Å². The highest BCUT2D eigenvalue weighted by atomic mass is 14.6. The van der Waals surface area contributed by atoms with Gasteiger partial charge in [-0.05, 0) is 86.4 Å². The van der Waals surface area contributed by atoms with E-state index in [1.165, 1.54) is 57.8 Å². The Morgan fingerprint density at radius 1 is 1.05 bits per heavy atom. The maximum Gasteiger partial charge on any atom is -0.00851 e. The fourth-order valence-corrected chi connectivity index (χ4v) is 6.47. The Balaban J connectivity index is 1.70. The highest BCUT2D eigenvalue weighted by Gasteiger charge is 2.55. The summed E-state index contributed by atoms with van der Waals surface area (Å²) in [5.41, 5.74) is 3.09. The van der Waals surface area contributed by atoms with Crippen molar-refractivity contribution in [2.45, 2.75) is 71.6 Å². The monoisotopic (exact) mass is 257 g/mol. The molecule has 0 aromatic heterocycles. The highest BCUT2D eigenvalue weighted by Crippen LogP contribution is 2.64. The first-order chi connectivity index (χ1) is 9.13. The Morgan fingerprint density at radius 3 is 2.84 bits per heavy atom. The fraction of sp³-hybridized carbons (Fsp3) is 0.842. The first kappa shape index (κ1) is 12.5. The van der Waals surface area contributed by atoms with Gasteiger partial charge in [-0.3, -0.25) is 0 Å². The summed E-state index contributed by atoms with van der Waals surface area (Å²) in [7, 11) is 0. The number of allylic oxidation sites excluding steroid dienone is 2. The molecule has 0 heterocycles. The molecule has 0 nitrogen and oxygen atoms in total. The Bertz CT molecular complexity index is 406. The second-order valence-electron chi connectivity index (χ2n) is 8.38. The van der Waals surface area contributed by atoms with Gasteiger partial charge in [0.05, 0.1) is 0 Å². The van der Waals surface area contributed by atoms with Gasteiger partial charge in [0.25, 0.3) is 0 Å². The van der Waals surface area contributed by atoms with Crippen LogP contribution in [-0.2, 0) is 0 Å². The van der Waals surface area contributed by atoms with E-state index in [9.17, 15) is 0 Å². The van der Waals surface area contributed by atoms with Crippen LogP contribution in [0.4, 0.5) is 0 Å². The van der Waals surface area contributed by atoms with Crippen molar-refractivity contribution in [1.82, 2.24) is 0 Å². The van der Waals surface area contributed by atoms with Crippen LogP contribution in [0.25, 0.3) is 0 Å². The molecule has 0 unspecified atom stereocenters. The Kier molecular flexibility index (Phi) is 2.71. The quantitative estimate of drug-likeness (QED) is 0.499. The van der Waals surface area contributed by atoms with Crippen molar-refractivity contribution in [2.75, 3.05) is 0 Å². The van der Waals surface area contributed by atoms with Crippen molar-refractivity contribution < 1.29 is 0 Å². The van der Waals surface area contributed by atoms with Crippen LogP contribution in [0.3, 0.4) is 0 Å². The summed E-state index contributed by atoms with van der Waals surface area (Å²) in [5, 5.41) is 0. The van der Waals surface area contributed by atoms with E-state index in [1.807, 2.05) is 5.57 Å². The molecule has 0 aliphatic heterocycles. The van der Waals surface area contributed by atoms with Crippen LogP contribution in [0.2, 0.25) is 0 Å². The van der Waals surface area contributed by atoms with Crippen LogP contribution in [0, 0.1) is 35.0 Å². The number of hydrogen-bond donors (Lipinski definition) is 0. The average Bonchev–Trinajstić information content (AvgIpc) is 2.79. The van der Waals surface area contributed by atoms with E-state index in [2.05, 4.69) is 26.3 Å². The summed E-state index contributed by atoms with van der Waals surface area (Å²) in [5.74, 6) is 3.08. The lowest BCUT2D eigenvalue weighted by molar-refractivity contribution is -0.0223. The predicted octanol–water partition coefficient (Wildman–Crippen LogP) is 5.54. The van der Waals surface area contributed by atoms with Crippen molar-refractivity contribution in [3.63, 3.8) is 0 Å². The topological polar surface area (TPSA) is 0 Å². The molecule has 0 aromatic rings. The number of rotatable bonds is 0. The highest BCUT2D eigenvalue weighted by molar-refractivity contribution is 5.26. The lowest BCUT2D eigenvalue weighted by atomic mass is 9.48. The lowest BCUT2D eigenvalue weighted by Gasteiger charge is -2.56. The average molecular weight is 257 g/mol. The molecule has 19 heavy (non-hydrogen) atoms. The third kappa shape index (κ3) is 1.64. The van der Waals surface area contributed by atoms with Gasteiger partial charge in [0.15, 0.2) is 0 Å². The zero-order valence-electron chi connectivity index (χ0n) is 12.8. The number of fused-ring (bicyclic) bond motifs is 5. The third-order valence-corrected chi connectivity index (χ3v) is 7.64. The predicted molar refractivity (Wildman–Crippen MR) is 80.6 cm³/mol. The maximum absolute atomic E-state index is 2.67. The SMILES string of the molecule is C[C@@]12CCC[C@H]1[C@@H]1CC=C3C[CH]CC[C@]3(C)[C@@H]1CC2. The van der Waals surface area contributed by atoms with Gasteiger partial charge < -0.3 is 0 Å². The molecule has 3 fully saturated rings. The largest absolute Gasteiger partial charge is 0.0845 e. The van der Waals surface area contributed by atoms with E-state index in [0.717, 1.165) is 17.8 Å². The van der Waals surface area contributed by atoms with Gasteiger partial charge in [-0.2, -0.15) is 0 Å². The van der Waals surface area contributed by atoms with Gasteiger partial charge in [-0.1, -0.05) is 31.9 Å². The standard InChI is InChI=1S/C19H29/c1-18-11-5-7-16(18)15-9-8-14-6-3-4-12-19(14,2)17(15)10-13-18/h3,8,15-17H,4-7,9-13H2,1-2H3/t15-,16-,17+,18-,19-/m0/s1. The van der Waals surface area contributed by atoms with Crippen LogP contribution < -0.4 is 0 Å². The Labute approximate surface area is 119 Å². The molecule has 0 amide bonds. The van der Waals surface area contributed by atoms with Crippen LogP contribution in [-0.4, -0.2) is 0 Å². The molecular weight excluding hydrogens is 228 g/mol. The second-order valence-corrected chi connectivity index (χ2v) is 8.38. The molecule has 5 atom stereocenters. The Hall–Kier alpha value is -0.260. The molecular formula is C19H29. The van der Waals surface area contributed by atoms with Crippen molar-refractivity contribution in [3.8, 4) is 0 Å². The van der Waals surface area contributed by atoms with Crippen LogP contribution >= 0.6 is 0 Å². The minimum atomic E-state index is 0.571. The molecule has 4 aliphatic rings. The maximum atomic E-state index is 2.67. The molecule has 4 aliphatic carbocycles. The minimum Gasteiger partial charge on any atom is -0.0845 e. The molecule has 105 valence electrons. The summed E-state index contributed by atoms with van der Waals surface area (Å²) in [6.07, 6.45) is 18.3. The summed E-state index contributed by atoms with van der Waals surface area (Å²) in [6.45, 7) is 5.22. The van der Waals surface area contributed by atoms with Crippen molar-refractivity contribution >= 4 is 0 Å².